The van der Waals surface area contributed by atoms with E-state index in [4.69, 9.17) is 5.73 Å². The number of hydrogen-bond acceptors (Lipinski definition) is 6. The summed E-state index contributed by atoms with van der Waals surface area (Å²) in [4.78, 5) is 0.769. The van der Waals surface area contributed by atoms with Crippen molar-refractivity contribution in [1.29, 1.82) is 0 Å². The van der Waals surface area contributed by atoms with Gasteiger partial charge in [-0.15, -0.1) is 11.3 Å². The Morgan fingerprint density at radius 3 is 2.33 bits per heavy atom. The molecule has 0 aliphatic heterocycles. The van der Waals surface area contributed by atoms with Crippen molar-refractivity contribution >= 4 is 31.2 Å². The van der Waals surface area contributed by atoms with E-state index in [-0.39, 0.29) is 23.1 Å². The molecule has 0 aromatic carbocycles. The smallest absolute Gasteiger partial charge is 0.252 e. The molecule has 104 valence electrons. The van der Waals surface area contributed by atoms with Crippen molar-refractivity contribution in [3.63, 3.8) is 0 Å². The van der Waals surface area contributed by atoms with Crippen molar-refractivity contribution in [3.05, 3.63) is 17.0 Å². The zero-order chi connectivity index (χ0) is 14.0. The van der Waals surface area contributed by atoms with Crippen molar-refractivity contribution < 1.29 is 16.8 Å². The van der Waals surface area contributed by atoms with Crippen LogP contribution in [-0.2, 0) is 26.4 Å². The summed E-state index contributed by atoms with van der Waals surface area (Å²) in [5.41, 5.74) is 5.42. The Labute approximate surface area is 111 Å². The second kappa shape index (κ2) is 5.66. The third-order valence-corrected chi connectivity index (χ3v) is 6.64. The van der Waals surface area contributed by atoms with Crippen molar-refractivity contribution in [1.82, 2.24) is 4.31 Å². The third kappa shape index (κ3) is 4.02. The fourth-order valence-corrected chi connectivity index (χ4v) is 4.51. The fraction of sp³-hybridized carbons (Fsp3) is 0.556. The highest BCUT2D eigenvalue weighted by Crippen LogP contribution is 2.23. The van der Waals surface area contributed by atoms with Crippen LogP contribution in [0.1, 0.15) is 4.88 Å². The van der Waals surface area contributed by atoms with Crippen LogP contribution in [0.5, 0.6) is 0 Å². The zero-order valence-electron chi connectivity index (χ0n) is 10.2. The highest BCUT2D eigenvalue weighted by Gasteiger charge is 2.23. The number of nitrogens with two attached hydrogens (primary N) is 1. The van der Waals surface area contributed by atoms with Crippen molar-refractivity contribution in [2.24, 2.45) is 5.73 Å². The topological polar surface area (TPSA) is 97.5 Å². The van der Waals surface area contributed by atoms with Crippen molar-refractivity contribution in [2.45, 2.75) is 10.8 Å². The monoisotopic (exact) mass is 312 g/mol. The molecule has 0 aliphatic carbocycles. The predicted octanol–water partition coefficient (Wildman–Crippen LogP) is -0.128. The van der Waals surface area contributed by atoms with E-state index in [1.807, 2.05) is 0 Å². The minimum Gasteiger partial charge on any atom is -0.326 e. The molecule has 9 heteroatoms. The molecule has 0 saturated heterocycles. The van der Waals surface area contributed by atoms with Gasteiger partial charge in [-0.3, -0.25) is 0 Å². The highest BCUT2D eigenvalue weighted by molar-refractivity contribution is 7.91. The number of sulfonamides is 1. The van der Waals surface area contributed by atoms with Gasteiger partial charge in [0.2, 0.25) is 0 Å². The molecule has 0 bridgehead atoms. The van der Waals surface area contributed by atoms with Gasteiger partial charge in [-0.1, -0.05) is 0 Å². The van der Waals surface area contributed by atoms with E-state index in [2.05, 4.69) is 0 Å². The van der Waals surface area contributed by atoms with E-state index in [9.17, 15) is 16.8 Å². The molecule has 0 atom stereocenters. The Hall–Kier alpha value is -0.480. The van der Waals surface area contributed by atoms with Gasteiger partial charge in [0.15, 0.2) is 0 Å². The summed E-state index contributed by atoms with van der Waals surface area (Å²) in [5.74, 6) is -0.197. The molecule has 1 rings (SSSR count). The fourth-order valence-electron chi connectivity index (χ4n) is 1.17. The van der Waals surface area contributed by atoms with E-state index >= 15 is 0 Å². The minimum atomic E-state index is -3.62. The van der Waals surface area contributed by atoms with Crippen molar-refractivity contribution in [3.8, 4) is 0 Å². The summed E-state index contributed by atoms with van der Waals surface area (Å²) in [6.45, 7) is 0.226. The Balaban J connectivity index is 2.86. The average Bonchev–Trinajstić information content (AvgIpc) is 2.73. The summed E-state index contributed by atoms with van der Waals surface area (Å²) in [6, 6.07) is 3.14. The molecule has 0 radical (unpaired) electrons. The molecule has 6 nitrogen and oxygen atoms in total. The highest BCUT2D eigenvalue weighted by atomic mass is 32.2. The molecule has 0 aliphatic rings. The molecular formula is C9H16N2O4S3. The standard InChI is InChI=1S/C9H16N2O4S3/c1-11(5-6-17(2,12)13)18(14,15)9-4-3-8(7-10)16-9/h3-4H,5-7,10H2,1-2H3. The molecule has 1 heterocycles. The number of hydrogen-bond donors (Lipinski definition) is 1. The van der Waals surface area contributed by atoms with Crippen LogP contribution in [-0.4, -0.2) is 46.7 Å². The molecule has 0 amide bonds. The lowest BCUT2D eigenvalue weighted by Crippen LogP contribution is -2.31. The van der Waals surface area contributed by atoms with Gasteiger partial charge in [-0.25, -0.2) is 16.8 Å². The van der Waals surface area contributed by atoms with Gasteiger partial charge in [0, 0.05) is 31.3 Å². The predicted molar refractivity (Wildman–Crippen MR) is 71.7 cm³/mol. The molecule has 0 unspecified atom stereocenters. The lowest BCUT2D eigenvalue weighted by Gasteiger charge is -2.15. The quantitative estimate of drug-likeness (QED) is 0.789. The van der Waals surface area contributed by atoms with Crippen molar-refractivity contribution in [2.75, 3.05) is 25.6 Å². The Kier molecular flexibility index (Phi) is 4.90. The summed E-state index contributed by atoms with van der Waals surface area (Å²) < 4.78 is 47.4. The van der Waals surface area contributed by atoms with E-state index in [0.29, 0.717) is 0 Å². The van der Waals surface area contributed by atoms with E-state index in [1.165, 1.54) is 13.1 Å². The Morgan fingerprint density at radius 1 is 1.28 bits per heavy atom. The summed E-state index contributed by atoms with van der Waals surface area (Å²) in [7, 11) is -5.44. The van der Waals surface area contributed by atoms with Gasteiger partial charge in [0.25, 0.3) is 10.0 Å². The normalized spacial score (nSPS) is 13.1. The first-order chi connectivity index (χ1) is 8.16. The molecule has 18 heavy (non-hydrogen) atoms. The molecule has 0 fully saturated rings. The maximum atomic E-state index is 12.1. The van der Waals surface area contributed by atoms with Gasteiger partial charge in [0.05, 0.1) is 5.75 Å². The van der Waals surface area contributed by atoms with Crippen LogP contribution in [0.4, 0.5) is 0 Å². The maximum absolute atomic E-state index is 12.1. The Bertz CT molecular complexity index is 604. The summed E-state index contributed by atoms with van der Waals surface area (Å²) in [6.07, 6.45) is 1.07. The van der Waals surface area contributed by atoms with Crippen LogP contribution in [0, 0.1) is 0 Å². The van der Waals surface area contributed by atoms with Gasteiger partial charge in [-0.05, 0) is 12.1 Å². The average molecular weight is 312 g/mol. The number of rotatable bonds is 6. The molecule has 0 saturated carbocycles. The molecule has 1 aromatic rings. The number of thiophene rings is 1. The lowest BCUT2D eigenvalue weighted by molar-refractivity contribution is 0.486. The summed E-state index contributed by atoms with van der Waals surface area (Å²) >= 11 is 1.10. The van der Waals surface area contributed by atoms with Gasteiger partial charge >= 0.3 is 0 Å². The number of nitrogens with zero attached hydrogens (tertiary/aromatic N) is 1. The largest absolute Gasteiger partial charge is 0.326 e. The van der Waals surface area contributed by atoms with E-state index in [1.54, 1.807) is 6.07 Å². The lowest BCUT2D eigenvalue weighted by atomic mass is 10.5. The minimum absolute atomic E-state index is 0.0585. The molecule has 2 N–H and O–H groups in total. The Morgan fingerprint density at radius 2 is 1.89 bits per heavy atom. The van der Waals surface area contributed by atoms with Crippen LogP contribution in [0.3, 0.4) is 0 Å². The van der Waals surface area contributed by atoms with Gasteiger partial charge in [0.1, 0.15) is 14.0 Å². The summed E-state index contributed by atoms with van der Waals surface area (Å²) in [5, 5.41) is 0. The first-order valence-electron chi connectivity index (χ1n) is 5.09. The van der Waals surface area contributed by atoms with E-state index in [0.717, 1.165) is 26.8 Å². The second-order valence-electron chi connectivity index (χ2n) is 3.88. The molecule has 0 spiro atoms. The van der Waals surface area contributed by atoms with Crippen LogP contribution in [0.25, 0.3) is 0 Å². The van der Waals surface area contributed by atoms with Gasteiger partial charge < -0.3 is 5.73 Å². The molecular weight excluding hydrogens is 296 g/mol. The van der Waals surface area contributed by atoms with E-state index < -0.39 is 19.9 Å². The maximum Gasteiger partial charge on any atom is 0.252 e. The van der Waals surface area contributed by atoms with Crippen LogP contribution >= 0.6 is 11.3 Å². The first-order valence-corrected chi connectivity index (χ1v) is 9.41. The van der Waals surface area contributed by atoms with Crippen LogP contribution < -0.4 is 5.73 Å². The van der Waals surface area contributed by atoms with Gasteiger partial charge in [-0.2, -0.15) is 4.31 Å². The molecule has 1 aromatic heterocycles. The number of sulfone groups is 1. The SMILES string of the molecule is CN(CCS(C)(=O)=O)S(=O)(=O)c1ccc(CN)s1. The van der Waals surface area contributed by atoms with Crippen LogP contribution in [0.2, 0.25) is 0 Å². The van der Waals surface area contributed by atoms with Crippen LogP contribution in [0.15, 0.2) is 16.3 Å². The second-order valence-corrected chi connectivity index (χ2v) is 9.58. The third-order valence-electron chi connectivity index (χ3n) is 2.28. The zero-order valence-corrected chi connectivity index (χ0v) is 12.6. The first kappa shape index (κ1) is 15.6.